The number of piperazine rings is 1. The molecule has 1 atom stereocenters. The van der Waals surface area contributed by atoms with Crippen molar-refractivity contribution < 1.29 is 24.2 Å². The van der Waals surface area contributed by atoms with Gasteiger partial charge in [-0.1, -0.05) is 0 Å². The zero-order valence-electron chi connectivity index (χ0n) is 12.6. The van der Waals surface area contributed by atoms with Gasteiger partial charge in [0.25, 0.3) is 0 Å². The third kappa shape index (κ3) is 4.68. The van der Waals surface area contributed by atoms with Gasteiger partial charge in [-0.2, -0.15) is 0 Å². The molecule has 1 saturated heterocycles. The minimum Gasteiger partial charge on any atom is -0.480 e. The number of hydrogen-bond acceptors (Lipinski definition) is 6. The highest BCUT2D eigenvalue weighted by Crippen LogP contribution is 2.16. The Bertz CT molecular complexity index is 405. The number of esters is 1. The third-order valence-corrected chi connectivity index (χ3v) is 3.67. The van der Waals surface area contributed by atoms with E-state index in [1.807, 2.05) is 4.90 Å². The second-order valence-corrected chi connectivity index (χ2v) is 5.44. The largest absolute Gasteiger partial charge is 0.480 e. The summed E-state index contributed by atoms with van der Waals surface area (Å²) < 4.78 is 4.44. The molecule has 0 unspecified atom stereocenters. The van der Waals surface area contributed by atoms with E-state index in [0.29, 0.717) is 13.1 Å². The molecule has 3 N–H and O–H groups in total. The second-order valence-electron chi connectivity index (χ2n) is 5.44. The molecule has 0 saturated carbocycles. The molecule has 8 nitrogen and oxygen atoms in total. The highest BCUT2D eigenvalue weighted by molar-refractivity contribution is 5.91. The van der Waals surface area contributed by atoms with Crippen molar-refractivity contribution in [3.8, 4) is 0 Å². The first-order chi connectivity index (χ1) is 9.78. The van der Waals surface area contributed by atoms with Crippen LogP contribution in [0.5, 0.6) is 0 Å². The smallest absolute Gasteiger partial charge is 0.326 e. The van der Waals surface area contributed by atoms with E-state index in [1.165, 1.54) is 7.11 Å². The van der Waals surface area contributed by atoms with Gasteiger partial charge in [0.15, 0.2) is 0 Å². The number of rotatable bonds is 6. The molecule has 1 heterocycles. The van der Waals surface area contributed by atoms with Crippen molar-refractivity contribution in [2.24, 2.45) is 0 Å². The Hall–Kier alpha value is -1.67. The highest BCUT2D eigenvalue weighted by Gasteiger charge is 2.37. The molecule has 21 heavy (non-hydrogen) atoms. The number of nitrogens with zero attached hydrogens (tertiary/aromatic N) is 1. The minimum atomic E-state index is -1.29. The predicted octanol–water partition coefficient (Wildman–Crippen LogP) is -1.20. The Labute approximate surface area is 123 Å². The van der Waals surface area contributed by atoms with Crippen LogP contribution < -0.4 is 10.6 Å². The van der Waals surface area contributed by atoms with Crippen molar-refractivity contribution in [2.45, 2.75) is 31.8 Å². The van der Waals surface area contributed by atoms with Gasteiger partial charge in [0, 0.05) is 26.2 Å². The van der Waals surface area contributed by atoms with Gasteiger partial charge in [-0.05, 0) is 13.8 Å². The molecule has 1 rings (SSSR count). The third-order valence-electron chi connectivity index (χ3n) is 3.67. The van der Waals surface area contributed by atoms with E-state index in [2.05, 4.69) is 15.4 Å². The lowest BCUT2D eigenvalue weighted by molar-refractivity contribution is -0.150. The highest BCUT2D eigenvalue weighted by atomic mass is 16.5. The maximum atomic E-state index is 12.4. The Morgan fingerprint density at radius 2 is 1.90 bits per heavy atom. The number of carbonyl (C=O) groups excluding carboxylic acids is 2. The molecule has 0 aromatic rings. The fourth-order valence-electron chi connectivity index (χ4n) is 2.15. The van der Waals surface area contributed by atoms with Crippen molar-refractivity contribution in [1.29, 1.82) is 0 Å². The van der Waals surface area contributed by atoms with Crippen molar-refractivity contribution in [1.82, 2.24) is 15.5 Å². The zero-order valence-corrected chi connectivity index (χ0v) is 12.6. The van der Waals surface area contributed by atoms with E-state index in [1.54, 1.807) is 13.8 Å². The number of carboxylic acids is 1. The van der Waals surface area contributed by atoms with E-state index >= 15 is 0 Å². The Balaban J connectivity index is 2.70. The number of amides is 1. The summed E-state index contributed by atoms with van der Waals surface area (Å²) in [6.45, 7) is 6.45. The molecular weight excluding hydrogens is 278 g/mol. The second kappa shape index (κ2) is 7.37. The Morgan fingerprint density at radius 3 is 2.38 bits per heavy atom. The van der Waals surface area contributed by atoms with Gasteiger partial charge in [0.05, 0.1) is 19.1 Å². The average Bonchev–Trinajstić information content (AvgIpc) is 2.46. The van der Waals surface area contributed by atoms with Crippen LogP contribution in [0.3, 0.4) is 0 Å². The molecule has 0 aromatic carbocycles. The molecule has 120 valence electrons. The van der Waals surface area contributed by atoms with Crippen LogP contribution in [0.25, 0.3) is 0 Å². The van der Waals surface area contributed by atoms with E-state index in [9.17, 15) is 14.4 Å². The number of ether oxygens (including phenoxy) is 1. The number of aliphatic carboxylic acids is 1. The lowest BCUT2D eigenvalue weighted by atomic mass is 9.99. The molecule has 1 fully saturated rings. The number of carbonyl (C=O) groups is 3. The maximum absolute atomic E-state index is 12.4. The summed E-state index contributed by atoms with van der Waals surface area (Å²) in [6.07, 6.45) is -0.394. The van der Waals surface area contributed by atoms with Gasteiger partial charge in [-0.3, -0.25) is 14.5 Å². The lowest BCUT2D eigenvalue weighted by Gasteiger charge is -2.40. The first kappa shape index (κ1) is 17.4. The van der Waals surface area contributed by atoms with Crippen LogP contribution in [-0.2, 0) is 19.1 Å². The molecule has 1 amide bonds. The zero-order chi connectivity index (χ0) is 16.0. The van der Waals surface area contributed by atoms with Gasteiger partial charge in [0.2, 0.25) is 5.91 Å². The predicted molar refractivity (Wildman–Crippen MR) is 74.7 cm³/mol. The number of hydrogen-bond donors (Lipinski definition) is 3. The normalized spacial score (nSPS) is 17.9. The average molecular weight is 301 g/mol. The maximum Gasteiger partial charge on any atom is 0.326 e. The van der Waals surface area contributed by atoms with E-state index in [-0.39, 0.29) is 0 Å². The molecular formula is C13H23N3O5. The lowest BCUT2D eigenvalue weighted by Crippen LogP contribution is -2.61. The Morgan fingerprint density at radius 1 is 1.33 bits per heavy atom. The van der Waals surface area contributed by atoms with Crippen LogP contribution in [0.2, 0.25) is 0 Å². The van der Waals surface area contributed by atoms with Crippen LogP contribution in [0.4, 0.5) is 0 Å². The summed E-state index contributed by atoms with van der Waals surface area (Å²) >= 11 is 0. The first-order valence-corrected chi connectivity index (χ1v) is 6.85. The molecule has 1 aliphatic rings. The van der Waals surface area contributed by atoms with Crippen molar-refractivity contribution >= 4 is 17.8 Å². The topological polar surface area (TPSA) is 108 Å². The van der Waals surface area contributed by atoms with Gasteiger partial charge in [0.1, 0.15) is 6.04 Å². The van der Waals surface area contributed by atoms with Gasteiger partial charge >= 0.3 is 11.9 Å². The van der Waals surface area contributed by atoms with Crippen molar-refractivity contribution in [2.75, 3.05) is 33.3 Å². The molecule has 0 aromatic heterocycles. The van der Waals surface area contributed by atoms with Crippen molar-refractivity contribution in [3.63, 3.8) is 0 Å². The molecule has 0 spiro atoms. The molecule has 0 aliphatic carbocycles. The summed E-state index contributed by atoms with van der Waals surface area (Å²) in [4.78, 5) is 36.7. The molecule has 0 radical (unpaired) electrons. The SMILES string of the molecule is COC(=O)C[C@H](NC(=O)C(C)(C)N1CCNCC1)C(=O)O. The van der Waals surface area contributed by atoms with Gasteiger partial charge < -0.3 is 20.5 Å². The molecule has 1 aliphatic heterocycles. The quantitative estimate of drug-likeness (QED) is 0.529. The standard InChI is InChI=1S/C13H23N3O5/c1-13(2,16-6-4-14-5-7-16)12(20)15-9(11(18)19)8-10(17)21-3/h9,14H,4-8H2,1-3H3,(H,15,20)(H,18,19)/t9-/m0/s1. The van der Waals surface area contributed by atoms with Crippen LogP contribution in [0.15, 0.2) is 0 Å². The number of nitrogens with one attached hydrogen (secondary N) is 2. The Kier molecular flexibility index (Phi) is 6.10. The van der Waals surface area contributed by atoms with E-state index in [0.717, 1.165) is 13.1 Å². The molecule has 8 heteroatoms. The van der Waals surface area contributed by atoms with E-state index in [4.69, 9.17) is 5.11 Å². The monoisotopic (exact) mass is 301 g/mol. The van der Waals surface area contributed by atoms with Crippen molar-refractivity contribution in [3.05, 3.63) is 0 Å². The van der Waals surface area contributed by atoms with Crippen LogP contribution in [0, 0.1) is 0 Å². The summed E-state index contributed by atoms with van der Waals surface area (Å²) in [7, 11) is 1.17. The van der Waals surface area contributed by atoms with Crippen LogP contribution in [-0.4, -0.2) is 72.7 Å². The summed E-state index contributed by atoms with van der Waals surface area (Å²) in [6, 6.07) is -1.29. The fraction of sp³-hybridized carbons (Fsp3) is 0.769. The number of carboxylic acid groups (broad SMARTS) is 1. The first-order valence-electron chi connectivity index (χ1n) is 6.85. The molecule has 0 bridgehead atoms. The van der Waals surface area contributed by atoms with Gasteiger partial charge in [-0.15, -0.1) is 0 Å². The number of methoxy groups -OCH3 is 1. The minimum absolute atomic E-state index is 0.394. The van der Waals surface area contributed by atoms with Crippen LogP contribution >= 0.6 is 0 Å². The summed E-state index contributed by atoms with van der Waals surface area (Å²) in [5.74, 6) is -2.35. The summed E-state index contributed by atoms with van der Waals surface area (Å²) in [5, 5.41) is 14.7. The summed E-state index contributed by atoms with van der Waals surface area (Å²) in [5.41, 5.74) is -0.841. The van der Waals surface area contributed by atoms with Crippen LogP contribution in [0.1, 0.15) is 20.3 Å². The van der Waals surface area contributed by atoms with Gasteiger partial charge in [-0.25, -0.2) is 4.79 Å². The fourth-order valence-corrected chi connectivity index (χ4v) is 2.15. The van der Waals surface area contributed by atoms with E-state index < -0.39 is 35.8 Å².